The lowest BCUT2D eigenvalue weighted by molar-refractivity contribution is 0.282. The third-order valence-electron chi connectivity index (χ3n) is 4.12. The van der Waals surface area contributed by atoms with Crippen molar-refractivity contribution < 1.29 is 5.11 Å². The van der Waals surface area contributed by atoms with Crippen LogP contribution >= 0.6 is 0 Å². The first-order chi connectivity index (χ1) is 12.0. The second kappa shape index (κ2) is 6.78. The minimum atomic E-state index is -0.225. The fourth-order valence-corrected chi connectivity index (χ4v) is 2.58. The molecule has 1 aromatic heterocycles. The van der Waals surface area contributed by atoms with E-state index in [1.54, 1.807) is 37.5 Å². The Morgan fingerprint density at radius 2 is 1.92 bits per heavy atom. The first-order valence-corrected chi connectivity index (χ1v) is 7.89. The minimum absolute atomic E-state index is 0.0233. The van der Waals surface area contributed by atoms with Crippen LogP contribution in [0.4, 0.5) is 17.2 Å². The molecular weight excluding hydrogens is 316 g/mol. The van der Waals surface area contributed by atoms with E-state index in [0.717, 1.165) is 22.4 Å². The number of aromatic nitrogens is 2. The average Bonchev–Trinajstić information content (AvgIpc) is 2.62. The van der Waals surface area contributed by atoms with Gasteiger partial charge in [-0.15, -0.1) is 0 Å². The molecule has 0 atom stereocenters. The Morgan fingerprint density at radius 3 is 2.60 bits per heavy atom. The fraction of sp³-hybridized carbons (Fsp3) is 0.158. The maximum atomic E-state index is 12.4. The Balaban J connectivity index is 2.03. The van der Waals surface area contributed by atoms with Gasteiger partial charge >= 0.3 is 0 Å². The Bertz CT molecular complexity index is 962. The van der Waals surface area contributed by atoms with Gasteiger partial charge in [0.2, 0.25) is 0 Å². The smallest absolute Gasteiger partial charge is 0.293 e. The van der Waals surface area contributed by atoms with Crippen LogP contribution in [-0.2, 0) is 13.7 Å². The van der Waals surface area contributed by atoms with Crippen LogP contribution in [0.15, 0.2) is 53.5 Å². The van der Waals surface area contributed by atoms with E-state index in [1.165, 1.54) is 4.57 Å². The third-order valence-corrected chi connectivity index (χ3v) is 4.12. The lowest BCUT2D eigenvalue weighted by atomic mass is 10.0. The molecule has 0 spiro atoms. The summed E-state index contributed by atoms with van der Waals surface area (Å²) in [6, 6.07) is 12.8. The molecule has 0 amide bonds. The molecule has 3 aromatic rings. The van der Waals surface area contributed by atoms with Crippen molar-refractivity contribution in [1.29, 1.82) is 0 Å². The molecule has 6 heteroatoms. The number of nitrogens with one attached hydrogen (secondary N) is 1. The van der Waals surface area contributed by atoms with E-state index in [9.17, 15) is 4.79 Å². The molecule has 0 aliphatic heterocycles. The highest BCUT2D eigenvalue weighted by molar-refractivity contribution is 5.71. The standard InChI is InChI=1S/C19H20N4O2/c1-12-15(4-3-5-16(12)20)17-10-23(2)19(25)18(22-17)21-14-8-6-13(11-24)7-9-14/h3-10,24H,11,20H2,1-2H3,(H,21,22). The van der Waals surface area contributed by atoms with Gasteiger partial charge in [0.1, 0.15) is 0 Å². The zero-order chi connectivity index (χ0) is 18.0. The second-order valence-electron chi connectivity index (χ2n) is 5.89. The number of aliphatic hydroxyl groups excluding tert-OH is 1. The predicted octanol–water partition coefficient (Wildman–Crippen LogP) is 2.57. The summed E-state index contributed by atoms with van der Waals surface area (Å²) >= 11 is 0. The molecule has 0 fully saturated rings. The number of hydrogen-bond acceptors (Lipinski definition) is 5. The molecule has 3 rings (SSSR count). The van der Waals surface area contributed by atoms with Gasteiger partial charge in [-0.05, 0) is 36.2 Å². The van der Waals surface area contributed by atoms with Crippen LogP contribution in [-0.4, -0.2) is 14.7 Å². The molecule has 1 heterocycles. The van der Waals surface area contributed by atoms with Crippen LogP contribution < -0.4 is 16.6 Å². The number of nitrogen functional groups attached to an aromatic ring is 1. The SMILES string of the molecule is Cc1c(N)cccc1-c1cn(C)c(=O)c(Nc2ccc(CO)cc2)n1. The van der Waals surface area contributed by atoms with Crippen LogP contribution in [0, 0.1) is 6.92 Å². The molecule has 0 aliphatic rings. The van der Waals surface area contributed by atoms with Gasteiger partial charge in [-0.1, -0.05) is 24.3 Å². The van der Waals surface area contributed by atoms with Crippen LogP contribution in [0.5, 0.6) is 0 Å². The van der Waals surface area contributed by atoms with Gasteiger partial charge in [0.05, 0.1) is 12.3 Å². The van der Waals surface area contributed by atoms with Gasteiger partial charge in [0.15, 0.2) is 5.82 Å². The van der Waals surface area contributed by atoms with Crippen molar-refractivity contribution in [2.75, 3.05) is 11.1 Å². The molecule has 0 aliphatic carbocycles. The summed E-state index contributed by atoms with van der Waals surface area (Å²) in [6.45, 7) is 1.91. The first kappa shape index (κ1) is 16.7. The summed E-state index contributed by atoms with van der Waals surface area (Å²) < 4.78 is 1.50. The van der Waals surface area contributed by atoms with Crippen molar-refractivity contribution in [1.82, 2.24) is 9.55 Å². The van der Waals surface area contributed by atoms with E-state index in [-0.39, 0.29) is 18.0 Å². The predicted molar refractivity (Wildman–Crippen MR) is 99.7 cm³/mol. The van der Waals surface area contributed by atoms with Crippen LogP contribution in [0.25, 0.3) is 11.3 Å². The monoisotopic (exact) mass is 336 g/mol. The molecular formula is C19H20N4O2. The van der Waals surface area contributed by atoms with Crippen molar-refractivity contribution in [2.24, 2.45) is 7.05 Å². The van der Waals surface area contributed by atoms with Crippen molar-refractivity contribution in [2.45, 2.75) is 13.5 Å². The molecule has 0 saturated heterocycles. The Hall–Kier alpha value is -3.12. The molecule has 2 aromatic carbocycles. The highest BCUT2D eigenvalue weighted by Crippen LogP contribution is 2.26. The van der Waals surface area contributed by atoms with Crippen LogP contribution in [0.3, 0.4) is 0 Å². The summed E-state index contributed by atoms with van der Waals surface area (Å²) in [5.74, 6) is 0.235. The van der Waals surface area contributed by atoms with Gasteiger partial charge in [0, 0.05) is 30.2 Å². The zero-order valence-corrected chi connectivity index (χ0v) is 14.2. The van der Waals surface area contributed by atoms with Gasteiger partial charge in [-0.3, -0.25) is 4.79 Å². The van der Waals surface area contributed by atoms with Gasteiger partial charge < -0.3 is 20.7 Å². The zero-order valence-electron chi connectivity index (χ0n) is 14.2. The molecule has 0 bridgehead atoms. The topological polar surface area (TPSA) is 93.2 Å². The van der Waals surface area contributed by atoms with Crippen molar-refractivity contribution >= 4 is 17.2 Å². The van der Waals surface area contributed by atoms with Crippen molar-refractivity contribution in [3.63, 3.8) is 0 Å². The molecule has 4 N–H and O–H groups in total. The molecule has 0 saturated carbocycles. The van der Waals surface area contributed by atoms with E-state index in [4.69, 9.17) is 10.8 Å². The quantitative estimate of drug-likeness (QED) is 0.637. The van der Waals surface area contributed by atoms with Crippen molar-refractivity contribution in [3.8, 4) is 11.3 Å². The number of anilines is 3. The minimum Gasteiger partial charge on any atom is -0.398 e. The number of aryl methyl sites for hydroxylation is 1. The summed E-state index contributed by atoms with van der Waals surface area (Å²) in [4.78, 5) is 16.9. The van der Waals surface area contributed by atoms with E-state index < -0.39 is 0 Å². The summed E-state index contributed by atoms with van der Waals surface area (Å²) in [5, 5.41) is 12.2. The van der Waals surface area contributed by atoms with Crippen LogP contribution in [0.1, 0.15) is 11.1 Å². The van der Waals surface area contributed by atoms with E-state index in [0.29, 0.717) is 11.4 Å². The molecule has 0 radical (unpaired) electrons. The maximum absolute atomic E-state index is 12.4. The first-order valence-electron chi connectivity index (χ1n) is 7.89. The number of benzene rings is 2. The Labute approximate surface area is 145 Å². The fourth-order valence-electron chi connectivity index (χ4n) is 2.58. The van der Waals surface area contributed by atoms with Crippen LogP contribution in [0.2, 0.25) is 0 Å². The largest absolute Gasteiger partial charge is 0.398 e. The lowest BCUT2D eigenvalue weighted by Crippen LogP contribution is -2.21. The van der Waals surface area contributed by atoms with Gasteiger partial charge in [-0.25, -0.2) is 4.98 Å². The average molecular weight is 336 g/mol. The van der Waals surface area contributed by atoms with E-state index in [1.807, 2.05) is 25.1 Å². The molecule has 6 nitrogen and oxygen atoms in total. The number of nitrogens with two attached hydrogens (primary N) is 1. The number of aliphatic hydroxyl groups is 1. The van der Waals surface area contributed by atoms with E-state index >= 15 is 0 Å². The summed E-state index contributed by atoms with van der Waals surface area (Å²) in [5.41, 5.74) is 10.4. The van der Waals surface area contributed by atoms with E-state index in [2.05, 4.69) is 10.3 Å². The molecule has 128 valence electrons. The summed E-state index contributed by atoms with van der Waals surface area (Å²) in [6.07, 6.45) is 1.70. The second-order valence-corrected chi connectivity index (χ2v) is 5.89. The Kier molecular flexibility index (Phi) is 4.54. The van der Waals surface area contributed by atoms with Gasteiger partial charge in [-0.2, -0.15) is 0 Å². The Morgan fingerprint density at radius 1 is 1.20 bits per heavy atom. The highest BCUT2D eigenvalue weighted by atomic mass is 16.3. The maximum Gasteiger partial charge on any atom is 0.293 e. The third kappa shape index (κ3) is 3.39. The molecule has 25 heavy (non-hydrogen) atoms. The normalized spacial score (nSPS) is 10.7. The number of hydrogen-bond donors (Lipinski definition) is 3. The molecule has 0 unspecified atom stereocenters. The number of rotatable bonds is 4. The highest BCUT2D eigenvalue weighted by Gasteiger charge is 2.11. The summed E-state index contributed by atoms with van der Waals surface area (Å²) in [7, 11) is 1.69. The van der Waals surface area contributed by atoms with Gasteiger partial charge in [0.25, 0.3) is 5.56 Å². The van der Waals surface area contributed by atoms with Crippen molar-refractivity contribution in [3.05, 3.63) is 70.1 Å². The lowest BCUT2D eigenvalue weighted by Gasteiger charge is -2.12. The number of nitrogens with zero attached hydrogens (tertiary/aromatic N) is 2.